The standard InChI is InChI=1S/C21H18O3/c1-14(2)24-21(23)20-18(22)13-17(15-9-5-3-6-10-15)19(20)16-11-7-4-8-12-16/h3-14H,1-2H3. The molecule has 0 heterocycles. The van der Waals surface area contributed by atoms with Gasteiger partial charge >= 0.3 is 5.97 Å². The number of benzene rings is 2. The first-order valence-electron chi connectivity index (χ1n) is 7.90. The molecular formula is C21H18O3. The van der Waals surface area contributed by atoms with E-state index in [-0.39, 0.29) is 17.5 Å². The van der Waals surface area contributed by atoms with E-state index >= 15 is 0 Å². The summed E-state index contributed by atoms with van der Waals surface area (Å²) in [6, 6.07) is 19.1. The molecule has 3 rings (SSSR count). The molecule has 0 saturated carbocycles. The minimum absolute atomic E-state index is 0.105. The number of ketones is 1. The van der Waals surface area contributed by atoms with Gasteiger partial charge in [0.1, 0.15) is 5.57 Å². The maximum atomic E-state index is 12.5. The number of hydrogen-bond donors (Lipinski definition) is 0. The molecule has 0 saturated heterocycles. The zero-order chi connectivity index (χ0) is 17.1. The lowest BCUT2D eigenvalue weighted by molar-refractivity contribution is -0.143. The third-order valence-corrected chi connectivity index (χ3v) is 3.74. The average molecular weight is 318 g/mol. The van der Waals surface area contributed by atoms with Gasteiger partial charge in [-0.2, -0.15) is 0 Å². The number of esters is 1. The van der Waals surface area contributed by atoms with Crippen LogP contribution in [0.3, 0.4) is 0 Å². The Kier molecular flexibility index (Phi) is 4.43. The maximum absolute atomic E-state index is 12.5. The van der Waals surface area contributed by atoms with Gasteiger partial charge < -0.3 is 4.74 Å². The summed E-state index contributed by atoms with van der Waals surface area (Å²) in [7, 11) is 0. The van der Waals surface area contributed by atoms with Crippen molar-refractivity contribution in [2.24, 2.45) is 0 Å². The predicted molar refractivity (Wildman–Crippen MR) is 94.0 cm³/mol. The van der Waals surface area contributed by atoms with E-state index in [9.17, 15) is 9.59 Å². The van der Waals surface area contributed by atoms with Crippen LogP contribution in [-0.4, -0.2) is 17.9 Å². The summed E-state index contributed by atoms with van der Waals surface area (Å²) in [5.41, 5.74) is 3.22. The Morgan fingerprint density at radius 2 is 1.42 bits per heavy atom. The van der Waals surface area contributed by atoms with E-state index in [2.05, 4.69) is 0 Å². The van der Waals surface area contributed by atoms with Gasteiger partial charge in [-0.25, -0.2) is 4.79 Å². The first kappa shape index (κ1) is 15.9. The Hall–Kier alpha value is -2.94. The number of allylic oxidation sites excluding steroid dienone is 3. The van der Waals surface area contributed by atoms with Crippen LogP contribution in [0.15, 0.2) is 72.3 Å². The van der Waals surface area contributed by atoms with Crippen LogP contribution in [0.5, 0.6) is 0 Å². The van der Waals surface area contributed by atoms with Gasteiger partial charge in [0.2, 0.25) is 0 Å². The van der Waals surface area contributed by atoms with Crippen molar-refractivity contribution in [3.05, 3.63) is 83.4 Å². The van der Waals surface area contributed by atoms with Crippen LogP contribution in [-0.2, 0) is 14.3 Å². The highest BCUT2D eigenvalue weighted by molar-refractivity contribution is 6.38. The van der Waals surface area contributed by atoms with Gasteiger partial charge in [0, 0.05) is 5.57 Å². The van der Waals surface area contributed by atoms with E-state index in [0.717, 1.165) is 16.7 Å². The highest BCUT2D eigenvalue weighted by atomic mass is 16.5. The molecule has 0 bridgehead atoms. The summed E-state index contributed by atoms with van der Waals surface area (Å²) in [5.74, 6) is -0.880. The third kappa shape index (κ3) is 3.06. The molecule has 0 N–H and O–H groups in total. The molecule has 0 fully saturated rings. The summed E-state index contributed by atoms with van der Waals surface area (Å²) in [6.07, 6.45) is 1.24. The monoisotopic (exact) mass is 318 g/mol. The van der Waals surface area contributed by atoms with Crippen LogP contribution >= 0.6 is 0 Å². The minimum atomic E-state index is -0.573. The zero-order valence-electron chi connectivity index (χ0n) is 13.7. The predicted octanol–water partition coefficient (Wildman–Crippen LogP) is 4.06. The highest BCUT2D eigenvalue weighted by Crippen LogP contribution is 2.39. The molecule has 0 aliphatic heterocycles. The van der Waals surface area contributed by atoms with Gasteiger partial charge in [0.05, 0.1) is 6.10 Å². The summed E-state index contributed by atoms with van der Waals surface area (Å²) < 4.78 is 5.29. The SMILES string of the molecule is CC(C)OC(=O)C1=C(c2ccccc2)C(c2ccccc2)=CC1=O. The van der Waals surface area contributed by atoms with E-state index in [4.69, 9.17) is 4.74 Å². The molecule has 1 aliphatic rings. The van der Waals surface area contributed by atoms with Crippen LogP contribution < -0.4 is 0 Å². The molecule has 0 aromatic heterocycles. The Bertz CT molecular complexity index is 828. The van der Waals surface area contributed by atoms with Crippen molar-refractivity contribution in [2.75, 3.05) is 0 Å². The zero-order valence-corrected chi connectivity index (χ0v) is 13.7. The second-order valence-electron chi connectivity index (χ2n) is 5.86. The van der Waals surface area contributed by atoms with Gasteiger partial charge in [-0.15, -0.1) is 0 Å². The number of carbonyl (C=O) groups excluding carboxylic acids is 2. The molecule has 0 atom stereocenters. The lowest BCUT2D eigenvalue weighted by Gasteiger charge is -2.13. The summed E-state index contributed by atoms with van der Waals surface area (Å²) in [6.45, 7) is 3.54. The molecule has 120 valence electrons. The Morgan fingerprint density at radius 1 is 0.875 bits per heavy atom. The van der Waals surface area contributed by atoms with E-state index in [1.165, 1.54) is 6.08 Å². The smallest absolute Gasteiger partial charge is 0.343 e. The van der Waals surface area contributed by atoms with Crippen molar-refractivity contribution in [3.8, 4) is 0 Å². The van der Waals surface area contributed by atoms with Crippen molar-refractivity contribution < 1.29 is 14.3 Å². The Balaban J connectivity index is 2.17. The van der Waals surface area contributed by atoms with Crippen LogP contribution in [0.4, 0.5) is 0 Å². The fourth-order valence-corrected chi connectivity index (χ4v) is 2.76. The van der Waals surface area contributed by atoms with Crippen molar-refractivity contribution in [1.82, 2.24) is 0 Å². The summed E-state index contributed by atoms with van der Waals surface area (Å²) >= 11 is 0. The summed E-state index contributed by atoms with van der Waals surface area (Å²) in [4.78, 5) is 25.0. The third-order valence-electron chi connectivity index (χ3n) is 3.74. The van der Waals surface area contributed by atoms with Crippen LogP contribution in [0.25, 0.3) is 11.1 Å². The second-order valence-corrected chi connectivity index (χ2v) is 5.86. The van der Waals surface area contributed by atoms with E-state index in [1.54, 1.807) is 13.8 Å². The normalized spacial score (nSPS) is 14.1. The van der Waals surface area contributed by atoms with E-state index in [0.29, 0.717) is 5.57 Å². The van der Waals surface area contributed by atoms with Crippen LogP contribution in [0, 0.1) is 0 Å². The topological polar surface area (TPSA) is 43.4 Å². The Labute approximate surface area is 141 Å². The van der Waals surface area contributed by atoms with Crippen molar-refractivity contribution in [1.29, 1.82) is 0 Å². The number of carbonyl (C=O) groups is 2. The fraction of sp³-hybridized carbons (Fsp3) is 0.143. The van der Waals surface area contributed by atoms with Crippen molar-refractivity contribution in [3.63, 3.8) is 0 Å². The molecule has 0 spiro atoms. The van der Waals surface area contributed by atoms with Gasteiger partial charge in [0.15, 0.2) is 5.78 Å². The van der Waals surface area contributed by atoms with Gasteiger partial charge in [-0.3, -0.25) is 4.79 Å². The molecule has 3 nitrogen and oxygen atoms in total. The van der Waals surface area contributed by atoms with E-state index < -0.39 is 5.97 Å². The van der Waals surface area contributed by atoms with Crippen LogP contribution in [0.1, 0.15) is 25.0 Å². The Morgan fingerprint density at radius 3 is 1.96 bits per heavy atom. The van der Waals surface area contributed by atoms with E-state index in [1.807, 2.05) is 60.7 Å². The molecule has 0 radical (unpaired) electrons. The largest absolute Gasteiger partial charge is 0.459 e. The molecule has 0 unspecified atom stereocenters. The first-order chi connectivity index (χ1) is 11.6. The summed E-state index contributed by atoms with van der Waals surface area (Å²) in [5, 5.41) is 0. The molecular weight excluding hydrogens is 300 g/mol. The molecule has 24 heavy (non-hydrogen) atoms. The first-order valence-corrected chi connectivity index (χ1v) is 7.90. The maximum Gasteiger partial charge on any atom is 0.343 e. The van der Waals surface area contributed by atoms with Crippen molar-refractivity contribution >= 4 is 22.9 Å². The average Bonchev–Trinajstić information content (AvgIpc) is 2.93. The lowest BCUT2D eigenvalue weighted by Crippen LogP contribution is -2.17. The van der Waals surface area contributed by atoms with Gasteiger partial charge in [0.25, 0.3) is 0 Å². The molecule has 0 amide bonds. The lowest BCUT2D eigenvalue weighted by atomic mass is 9.93. The minimum Gasteiger partial charge on any atom is -0.459 e. The fourth-order valence-electron chi connectivity index (χ4n) is 2.76. The van der Waals surface area contributed by atoms with Gasteiger partial charge in [-0.1, -0.05) is 60.7 Å². The van der Waals surface area contributed by atoms with Crippen LogP contribution in [0.2, 0.25) is 0 Å². The molecule has 1 aliphatic carbocycles. The van der Waals surface area contributed by atoms with Gasteiger partial charge in [-0.05, 0) is 36.6 Å². The molecule has 3 heteroatoms. The number of rotatable bonds is 4. The highest BCUT2D eigenvalue weighted by Gasteiger charge is 2.32. The number of ether oxygens (including phenoxy) is 1. The molecule has 2 aromatic rings. The van der Waals surface area contributed by atoms with Crippen molar-refractivity contribution in [2.45, 2.75) is 20.0 Å². The molecule has 2 aromatic carbocycles. The second kappa shape index (κ2) is 6.67. The quantitative estimate of drug-likeness (QED) is 0.631. The number of hydrogen-bond acceptors (Lipinski definition) is 3.